The molecule has 2 aromatic heterocycles. The number of anilines is 1. The second-order valence-corrected chi connectivity index (χ2v) is 7.63. The van der Waals surface area contributed by atoms with Gasteiger partial charge in [0.25, 0.3) is 5.91 Å². The fraction of sp³-hybridized carbons (Fsp3) is 0.158. The van der Waals surface area contributed by atoms with Gasteiger partial charge in [-0.05, 0) is 41.8 Å². The molecule has 0 aliphatic carbocycles. The third-order valence-corrected chi connectivity index (χ3v) is 5.57. The average Bonchev–Trinajstić information content (AvgIpc) is 3.25. The van der Waals surface area contributed by atoms with E-state index in [0.29, 0.717) is 17.8 Å². The highest BCUT2D eigenvalue weighted by molar-refractivity contribution is 7.09. The highest BCUT2D eigenvalue weighted by Gasteiger charge is 2.39. The van der Waals surface area contributed by atoms with Gasteiger partial charge in [-0.2, -0.15) is 13.2 Å². The van der Waals surface area contributed by atoms with Crippen molar-refractivity contribution >= 4 is 34.5 Å². The van der Waals surface area contributed by atoms with E-state index in [1.807, 2.05) is 17.5 Å². The molecular formula is C19H13ClF3N3OS. The topological polar surface area (TPSA) is 45.2 Å². The van der Waals surface area contributed by atoms with Crippen LogP contribution in [0.25, 0.3) is 0 Å². The molecule has 3 heterocycles. The van der Waals surface area contributed by atoms with Gasteiger partial charge < -0.3 is 10.2 Å². The highest BCUT2D eigenvalue weighted by Crippen LogP contribution is 2.39. The Balaban J connectivity index is 1.70. The summed E-state index contributed by atoms with van der Waals surface area (Å²) in [4.78, 5) is 19.7. The monoisotopic (exact) mass is 423 g/mol. The van der Waals surface area contributed by atoms with Gasteiger partial charge in [-0.15, -0.1) is 11.3 Å². The van der Waals surface area contributed by atoms with Crippen LogP contribution in [0.1, 0.15) is 32.7 Å². The van der Waals surface area contributed by atoms with Crippen LogP contribution in [0.2, 0.25) is 5.02 Å². The van der Waals surface area contributed by atoms with Crippen molar-refractivity contribution in [3.63, 3.8) is 0 Å². The number of halogens is 4. The summed E-state index contributed by atoms with van der Waals surface area (Å²) in [7, 11) is 0. The summed E-state index contributed by atoms with van der Waals surface area (Å²) in [5.41, 5.74) is 0.174. The third kappa shape index (κ3) is 3.45. The number of fused-ring (bicyclic) bond motifs is 1. The van der Waals surface area contributed by atoms with Crippen molar-refractivity contribution < 1.29 is 18.0 Å². The van der Waals surface area contributed by atoms with E-state index in [0.717, 1.165) is 10.9 Å². The molecule has 1 aliphatic heterocycles. The van der Waals surface area contributed by atoms with Gasteiger partial charge in [0.05, 0.1) is 28.4 Å². The summed E-state index contributed by atoms with van der Waals surface area (Å²) in [6.45, 7) is 0.324. The van der Waals surface area contributed by atoms with Crippen LogP contribution in [-0.4, -0.2) is 15.8 Å². The Morgan fingerprint density at radius 2 is 2.04 bits per heavy atom. The Morgan fingerprint density at radius 1 is 1.21 bits per heavy atom. The molecule has 28 heavy (non-hydrogen) atoms. The molecule has 1 atom stereocenters. The third-order valence-electron chi connectivity index (χ3n) is 4.38. The fourth-order valence-electron chi connectivity index (χ4n) is 3.11. The largest absolute Gasteiger partial charge is 0.417 e. The average molecular weight is 424 g/mol. The first kappa shape index (κ1) is 18.8. The highest BCUT2D eigenvalue weighted by atomic mass is 35.5. The number of benzene rings is 1. The maximum atomic E-state index is 13.2. The molecule has 1 N–H and O–H groups in total. The van der Waals surface area contributed by atoms with E-state index >= 15 is 0 Å². The van der Waals surface area contributed by atoms with Gasteiger partial charge in [0, 0.05) is 16.8 Å². The van der Waals surface area contributed by atoms with E-state index in [4.69, 9.17) is 11.6 Å². The molecule has 1 aliphatic rings. The van der Waals surface area contributed by atoms with Gasteiger partial charge >= 0.3 is 6.18 Å². The minimum atomic E-state index is -4.58. The maximum absolute atomic E-state index is 13.2. The molecular weight excluding hydrogens is 411 g/mol. The molecule has 0 bridgehead atoms. The Morgan fingerprint density at radius 3 is 2.75 bits per heavy atom. The predicted molar refractivity (Wildman–Crippen MR) is 101 cm³/mol. The van der Waals surface area contributed by atoms with Crippen LogP contribution in [0.15, 0.2) is 54.0 Å². The Hall–Kier alpha value is -2.58. The Bertz CT molecular complexity index is 1020. The number of pyridine rings is 1. The maximum Gasteiger partial charge on any atom is 0.417 e. The SMILES string of the molecule is O=C1c2cccnc2[C@@H](Nc2ccc(Cl)c(C(F)(F)F)c2)N1Cc1cccs1. The van der Waals surface area contributed by atoms with Crippen LogP contribution in [0.3, 0.4) is 0 Å². The quantitative estimate of drug-likeness (QED) is 0.595. The van der Waals surface area contributed by atoms with E-state index in [1.165, 1.54) is 23.5 Å². The zero-order valence-electron chi connectivity index (χ0n) is 14.2. The molecule has 4 rings (SSSR count). The first-order valence-corrected chi connectivity index (χ1v) is 9.52. The Kier molecular flexibility index (Phi) is 4.76. The molecule has 1 aromatic carbocycles. The van der Waals surface area contributed by atoms with Crippen LogP contribution >= 0.6 is 22.9 Å². The summed E-state index contributed by atoms with van der Waals surface area (Å²) in [6.07, 6.45) is -3.71. The van der Waals surface area contributed by atoms with E-state index in [2.05, 4.69) is 10.3 Å². The smallest absolute Gasteiger partial charge is 0.360 e. The zero-order valence-corrected chi connectivity index (χ0v) is 15.8. The van der Waals surface area contributed by atoms with Crippen LogP contribution in [0, 0.1) is 0 Å². The number of aromatic nitrogens is 1. The minimum Gasteiger partial charge on any atom is -0.360 e. The molecule has 3 aromatic rings. The molecule has 0 fully saturated rings. The molecule has 0 saturated carbocycles. The summed E-state index contributed by atoms with van der Waals surface area (Å²) in [5.74, 6) is -0.223. The summed E-state index contributed by atoms with van der Waals surface area (Å²) in [6, 6.07) is 10.7. The molecule has 1 amide bonds. The van der Waals surface area contributed by atoms with Gasteiger partial charge in [-0.25, -0.2) is 0 Å². The van der Waals surface area contributed by atoms with Crippen molar-refractivity contribution in [2.75, 3.05) is 5.32 Å². The molecule has 0 radical (unpaired) electrons. The molecule has 0 spiro atoms. The van der Waals surface area contributed by atoms with Crippen molar-refractivity contribution in [2.24, 2.45) is 0 Å². The lowest BCUT2D eigenvalue weighted by Gasteiger charge is -2.26. The van der Waals surface area contributed by atoms with Crippen molar-refractivity contribution in [3.05, 3.63) is 80.8 Å². The number of rotatable bonds is 4. The summed E-state index contributed by atoms with van der Waals surface area (Å²) >= 11 is 7.20. The molecule has 144 valence electrons. The fourth-order valence-corrected chi connectivity index (χ4v) is 4.03. The predicted octanol–water partition coefficient (Wildman–Crippen LogP) is 5.58. The van der Waals surface area contributed by atoms with Crippen LogP contribution in [0.5, 0.6) is 0 Å². The van der Waals surface area contributed by atoms with E-state index in [-0.39, 0.29) is 16.6 Å². The standard InChI is InChI=1S/C19H13ClF3N3OS/c20-15-6-5-11(9-14(15)19(21,22)23)25-17-16-13(4-1-7-24-16)18(27)26(17)10-12-3-2-8-28-12/h1-9,17,25H,10H2/t17-/m0/s1. The van der Waals surface area contributed by atoms with Crippen molar-refractivity contribution in [1.82, 2.24) is 9.88 Å². The number of nitrogens with zero attached hydrogens (tertiary/aromatic N) is 2. The van der Waals surface area contributed by atoms with Crippen molar-refractivity contribution in [2.45, 2.75) is 18.9 Å². The molecule has 0 saturated heterocycles. The normalized spacial score (nSPS) is 16.4. The number of hydrogen-bond donors (Lipinski definition) is 1. The van der Waals surface area contributed by atoms with Crippen LogP contribution in [0.4, 0.5) is 18.9 Å². The van der Waals surface area contributed by atoms with Gasteiger partial charge in [0.2, 0.25) is 0 Å². The molecule has 0 unspecified atom stereocenters. The first-order valence-electron chi connectivity index (χ1n) is 8.26. The number of carbonyl (C=O) groups excluding carboxylic acids is 1. The lowest BCUT2D eigenvalue weighted by atomic mass is 10.1. The minimum absolute atomic E-state index is 0.198. The number of carbonyl (C=O) groups is 1. The van der Waals surface area contributed by atoms with Gasteiger partial charge in [-0.1, -0.05) is 17.7 Å². The van der Waals surface area contributed by atoms with Gasteiger partial charge in [0.1, 0.15) is 6.17 Å². The number of alkyl halides is 3. The van der Waals surface area contributed by atoms with Gasteiger partial charge in [-0.3, -0.25) is 9.78 Å². The number of thiophene rings is 1. The van der Waals surface area contributed by atoms with Crippen LogP contribution < -0.4 is 5.32 Å². The molecule has 4 nitrogen and oxygen atoms in total. The van der Waals surface area contributed by atoms with E-state index in [1.54, 1.807) is 23.2 Å². The second kappa shape index (κ2) is 7.10. The van der Waals surface area contributed by atoms with Crippen molar-refractivity contribution in [1.29, 1.82) is 0 Å². The lowest BCUT2D eigenvalue weighted by Crippen LogP contribution is -2.31. The molecule has 9 heteroatoms. The lowest BCUT2D eigenvalue weighted by molar-refractivity contribution is -0.137. The number of nitrogens with one attached hydrogen (secondary N) is 1. The Labute approximate surface area is 167 Å². The van der Waals surface area contributed by atoms with Crippen LogP contribution in [-0.2, 0) is 12.7 Å². The zero-order chi connectivity index (χ0) is 19.9. The second-order valence-electron chi connectivity index (χ2n) is 6.19. The van der Waals surface area contributed by atoms with Crippen molar-refractivity contribution in [3.8, 4) is 0 Å². The van der Waals surface area contributed by atoms with E-state index in [9.17, 15) is 18.0 Å². The van der Waals surface area contributed by atoms with E-state index < -0.39 is 17.9 Å². The van der Waals surface area contributed by atoms with Gasteiger partial charge in [0.15, 0.2) is 0 Å². The summed E-state index contributed by atoms with van der Waals surface area (Å²) < 4.78 is 39.6. The first-order chi connectivity index (χ1) is 13.3. The number of hydrogen-bond acceptors (Lipinski definition) is 4. The summed E-state index contributed by atoms with van der Waals surface area (Å²) in [5, 5.41) is 4.54. The number of amides is 1.